The van der Waals surface area contributed by atoms with Gasteiger partial charge in [0.15, 0.2) is 6.23 Å². The van der Waals surface area contributed by atoms with E-state index in [4.69, 9.17) is 14.7 Å². The quantitative estimate of drug-likeness (QED) is 0.122. The molecule has 0 radical (unpaired) electrons. The molecule has 0 aromatic carbocycles. The molecule has 0 bridgehead atoms. The average Bonchev–Trinajstić information content (AvgIpc) is 3.02. The first-order valence-corrected chi connectivity index (χ1v) is 10.2. The molecule has 1 aliphatic heterocycles. The summed E-state index contributed by atoms with van der Waals surface area (Å²) < 4.78 is 11.6. The Morgan fingerprint density at radius 1 is 1.16 bits per heavy atom. The molecule has 1 fully saturated rings. The maximum Gasteiger partial charge on any atom is 0.351 e. The van der Waals surface area contributed by atoms with Gasteiger partial charge in [0.1, 0.15) is 30.7 Å². The Bertz CT molecular complexity index is 859. The van der Waals surface area contributed by atoms with Crippen molar-refractivity contribution >= 4 is 23.6 Å². The van der Waals surface area contributed by atoms with E-state index in [1.165, 1.54) is 19.2 Å². The number of aromatic nitrogens is 2. The maximum absolute atomic E-state index is 12.2. The van der Waals surface area contributed by atoms with Gasteiger partial charge in [-0.15, -0.1) is 0 Å². The lowest BCUT2D eigenvalue weighted by atomic mass is 10.1. The van der Waals surface area contributed by atoms with E-state index in [-0.39, 0.29) is 25.3 Å². The molecular formula is C19H28N4O9. The van der Waals surface area contributed by atoms with Gasteiger partial charge in [0.05, 0.1) is 0 Å². The monoisotopic (exact) mass is 456 g/mol. The number of nitrogens with one attached hydrogen (secondary N) is 2. The highest BCUT2D eigenvalue weighted by molar-refractivity contribution is 5.87. The molecule has 13 heteroatoms. The van der Waals surface area contributed by atoms with Crippen molar-refractivity contribution in [3.05, 3.63) is 22.7 Å². The van der Waals surface area contributed by atoms with Gasteiger partial charge < -0.3 is 25.0 Å². The minimum atomic E-state index is -1.46. The van der Waals surface area contributed by atoms with Gasteiger partial charge in [-0.3, -0.25) is 24.2 Å². The molecule has 1 aromatic rings. The fourth-order valence-electron chi connectivity index (χ4n) is 3.16. The van der Waals surface area contributed by atoms with Crippen LogP contribution in [0, 0.1) is 0 Å². The highest BCUT2D eigenvalue weighted by atomic mass is 16.6. The maximum atomic E-state index is 12.2. The molecule has 13 nitrogen and oxygen atoms in total. The molecule has 2 amide bonds. The molecule has 178 valence electrons. The topological polar surface area (TPSA) is 189 Å². The smallest absolute Gasteiger partial charge is 0.351 e. The summed E-state index contributed by atoms with van der Waals surface area (Å²) >= 11 is 0. The number of amides is 2. The Hall–Kier alpha value is -2.87. The molecule has 0 saturated carbocycles. The van der Waals surface area contributed by atoms with Gasteiger partial charge in [0.25, 0.3) is 0 Å². The number of esters is 1. The van der Waals surface area contributed by atoms with Crippen molar-refractivity contribution < 1.29 is 39.3 Å². The van der Waals surface area contributed by atoms with E-state index in [0.29, 0.717) is 25.7 Å². The van der Waals surface area contributed by atoms with E-state index in [1.54, 1.807) is 5.48 Å². The van der Waals surface area contributed by atoms with E-state index >= 15 is 0 Å². The predicted octanol–water partition coefficient (Wildman–Crippen LogP) is -0.790. The van der Waals surface area contributed by atoms with Crippen molar-refractivity contribution in [2.45, 2.75) is 70.0 Å². The molecule has 1 saturated heterocycles. The van der Waals surface area contributed by atoms with Crippen molar-refractivity contribution in [3.8, 4) is 0 Å². The van der Waals surface area contributed by atoms with Crippen LogP contribution >= 0.6 is 0 Å². The normalized spacial score (nSPS) is 22.4. The molecule has 0 aliphatic carbocycles. The summed E-state index contributed by atoms with van der Waals surface area (Å²) in [6, 6.07) is 1.34. The lowest BCUT2D eigenvalue weighted by Crippen LogP contribution is -2.36. The summed E-state index contributed by atoms with van der Waals surface area (Å²) in [5.74, 6) is -1.33. The van der Waals surface area contributed by atoms with Crippen molar-refractivity contribution in [1.29, 1.82) is 0 Å². The minimum Gasteiger partial charge on any atom is -0.463 e. The molecule has 5 N–H and O–H groups in total. The first-order chi connectivity index (χ1) is 15.2. The highest BCUT2D eigenvalue weighted by Gasteiger charge is 2.44. The van der Waals surface area contributed by atoms with Crippen LogP contribution in [0.2, 0.25) is 0 Å². The third kappa shape index (κ3) is 7.37. The summed E-state index contributed by atoms with van der Waals surface area (Å²) in [7, 11) is 0. The zero-order valence-electron chi connectivity index (χ0n) is 17.6. The number of aliphatic hydroxyl groups is 2. The Kier molecular flexibility index (Phi) is 9.71. The Labute approximate surface area is 183 Å². The number of carbonyl (C=O) groups is 3. The zero-order chi connectivity index (χ0) is 23.7. The number of hydroxylamine groups is 1. The van der Waals surface area contributed by atoms with Gasteiger partial charge >= 0.3 is 11.7 Å². The molecule has 2 heterocycles. The summed E-state index contributed by atoms with van der Waals surface area (Å²) in [6.45, 7) is 0.953. The van der Waals surface area contributed by atoms with Crippen LogP contribution in [0.1, 0.15) is 51.7 Å². The minimum absolute atomic E-state index is 0.0360. The number of aliphatic hydroxyl groups excluding tert-OH is 2. The van der Waals surface area contributed by atoms with Crippen LogP contribution < -0.4 is 16.5 Å². The summed E-state index contributed by atoms with van der Waals surface area (Å²) in [5.41, 5.74) is 0.745. The van der Waals surface area contributed by atoms with Gasteiger partial charge in [-0.2, -0.15) is 4.98 Å². The number of nitrogens with zero attached hydrogens (tertiary/aromatic N) is 2. The van der Waals surface area contributed by atoms with Crippen LogP contribution in [0.4, 0.5) is 5.82 Å². The number of anilines is 1. The number of unbranched alkanes of at least 4 members (excludes halogenated alkanes) is 3. The number of rotatable bonds is 11. The van der Waals surface area contributed by atoms with E-state index in [1.807, 2.05) is 0 Å². The van der Waals surface area contributed by atoms with Crippen LogP contribution in [0.3, 0.4) is 0 Å². The van der Waals surface area contributed by atoms with Crippen molar-refractivity contribution in [3.63, 3.8) is 0 Å². The second kappa shape index (κ2) is 12.2. The van der Waals surface area contributed by atoms with E-state index < -0.39 is 48.0 Å². The largest absolute Gasteiger partial charge is 0.463 e. The van der Waals surface area contributed by atoms with Gasteiger partial charge in [0, 0.05) is 26.0 Å². The Balaban J connectivity index is 1.78. The number of carbonyl (C=O) groups excluding carboxylic acids is 3. The Morgan fingerprint density at radius 2 is 1.84 bits per heavy atom. The fraction of sp³-hybridized carbons (Fsp3) is 0.632. The Morgan fingerprint density at radius 3 is 2.47 bits per heavy atom. The van der Waals surface area contributed by atoms with E-state index in [0.717, 1.165) is 4.57 Å². The van der Waals surface area contributed by atoms with Crippen LogP contribution in [0.5, 0.6) is 0 Å². The first kappa shape index (κ1) is 25.4. The highest BCUT2D eigenvalue weighted by Crippen LogP contribution is 2.28. The summed E-state index contributed by atoms with van der Waals surface area (Å²) in [6.07, 6.45) is -1.000. The SMILES string of the molecule is CC(=O)Nc1ccn([C@@H]2O[C@H](COC(=O)CCCCCCC(=O)NO)[C@@H](O)[C@@H]2O)c(=O)n1. The van der Waals surface area contributed by atoms with E-state index in [2.05, 4.69) is 10.3 Å². The molecule has 0 spiro atoms. The van der Waals surface area contributed by atoms with Crippen LogP contribution in [0.15, 0.2) is 17.1 Å². The van der Waals surface area contributed by atoms with Crippen molar-refractivity contribution in [2.24, 2.45) is 0 Å². The fourth-order valence-corrected chi connectivity index (χ4v) is 3.16. The third-order valence-corrected chi connectivity index (χ3v) is 4.81. The van der Waals surface area contributed by atoms with Crippen molar-refractivity contribution in [1.82, 2.24) is 15.0 Å². The van der Waals surface area contributed by atoms with Crippen LogP contribution in [-0.4, -0.2) is 67.7 Å². The second-order valence-electron chi connectivity index (χ2n) is 7.36. The molecule has 1 aromatic heterocycles. The molecule has 2 rings (SSSR count). The molecule has 0 unspecified atom stereocenters. The summed E-state index contributed by atoms with van der Waals surface area (Å²) in [5, 5.41) is 31.2. The second-order valence-corrected chi connectivity index (χ2v) is 7.36. The zero-order valence-corrected chi connectivity index (χ0v) is 17.6. The van der Waals surface area contributed by atoms with Gasteiger partial charge in [-0.05, 0) is 18.9 Å². The lowest BCUT2D eigenvalue weighted by Gasteiger charge is -2.17. The predicted molar refractivity (Wildman–Crippen MR) is 107 cm³/mol. The van der Waals surface area contributed by atoms with Gasteiger partial charge in [-0.25, -0.2) is 10.3 Å². The van der Waals surface area contributed by atoms with Crippen LogP contribution in [-0.2, 0) is 23.9 Å². The molecule has 32 heavy (non-hydrogen) atoms. The van der Waals surface area contributed by atoms with Crippen LogP contribution in [0.25, 0.3) is 0 Å². The average molecular weight is 456 g/mol. The third-order valence-electron chi connectivity index (χ3n) is 4.81. The molecular weight excluding hydrogens is 428 g/mol. The number of hydrogen-bond donors (Lipinski definition) is 5. The standard InChI is InChI=1S/C19H28N4O9/c1-11(24)20-13-8-9-23(19(29)21-13)18-17(28)16(27)12(32-18)10-31-15(26)7-5-3-2-4-6-14(25)22-30/h8-9,12,16-18,27-28,30H,2-7,10H2,1H3,(H,22,25)(H,20,21,24,29)/t12-,16-,17+,18-/m1/s1. The van der Waals surface area contributed by atoms with Gasteiger partial charge in [0.2, 0.25) is 11.8 Å². The number of hydrogen-bond acceptors (Lipinski definition) is 10. The number of ether oxygens (including phenoxy) is 2. The lowest BCUT2D eigenvalue weighted by molar-refractivity contribution is -0.150. The molecule has 1 aliphatic rings. The van der Waals surface area contributed by atoms with Gasteiger partial charge in [-0.1, -0.05) is 12.8 Å². The molecule has 4 atom stereocenters. The summed E-state index contributed by atoms with van der Waals surface area (Å²) in [4.78, 5) is 49.7. The van der Waals surface area contributed by atoms with E-state index in [9.17, 15) is 29.4 Å². The van der Waals surface area contributed by atoms with Crippen molar-refractivity contribution in [2.75, 3.05) is 11.9 Å². The first-order valence-electron chi connectivity index (χ1n) is 10.2.